The van der Waals surface area contributed by atoms with Crippen LogP contribution in [0.5, 0.6) is 0 Å². The van der Waals surface area contributed by atoms with E-state index in [-0.39, 0.29) is 11.4 Å². The first-order chi connectivity index (χ1) is 6.11. The van der Waals surface area contributed by atoms with Crippen molar-refractivity contribution in [1.29, 1.82) is 0 Å². The monoisotopic (exact) mass is 179 g/mol. The fourth-order valence-electron chi connectivity index (χ4n) is 0.862. The Morgan fingerprint density at radius 2 is 2.23 bits per heavy atom. The molecule has 0 fully saturated rings. The number of carbonyl (C=O) groups excluding carboxylic acids is 2. The van der Waals surface area contributed by atoms with Crippen molar-refractivity contribution in [3.63, 3.8) is 0 Å². The van der Waals surface area contributed by atoms with Crippen molar-refractivity contribution >= 4 is 17.8 Å². The van der Waals surface area contributed by atoms with Crippen LogP contribution >= 0.6 is 0 Å². The molecule has 1 amide bonds. The van der Waals surface area contributed by atoms with Gasteiger partial charge in [-0.2, -0.15) is 0 Å². The Morgan fingerprint density at radius 3 is 2.62 bits per heavy atom. The van der Waals surface area contributed by atoms with Crippen molar-refractivity contribution in [2.24, 2.45) is 5.73 Å². The molecule has 4 heteroatoms. The highest BCUT2D eigenvalue weighted by Crippen LogP contribution is 2.07. The lowest BCUT2D eigenvalue weighted by atomic mass is 10.1. The molecular formula is C9H9NO3. The molecule has 0 aliphatic rings. The Hall–Kier alpha value is -1.84. The van der Waals surface area contributed by atoms with Crippen molar-refractivity contribution < 1.29 is 14.0 Å². The predicted molar refractivity (Wildman–Crippen MR) is 46.6 cm³/mol. The molecule has 0 saturated carbocycles. The Balaban J connectivity index is 3.01. The van der Waals surface area contributed by atoms with Gasteiger partial charge in [-0.05, 0) is 25.1 Å². The average molecular weight is 179 g/mol. The summed E-state index contributed by atoms with van der Waals surface area (Å²) < 4.78 is 4.93. The zero-order chi connectivity index (χ0) is 9.84. The molecule has 0 bridgehead atoms. The number of hydrogen-bond donors (Lipinski definition) is 1. The van der Waals surface area contributed by atoms with E-state index >= 15 is 0 Å². The van der Waals surface area contributed by atoms with Gasteiger partial charge in [0.1, 0.15) is 5.76 Å². The van der Waals surface area contributed by atoms with E-state index in [2.05, 4.69) is 0 Å². The van der Waals surface area contributed by atoms with Gasteiger partial charge in [-0.25, -0.2) is 0 Å². The Bertz CT molecular complexity index is 333. The lowest BCUT2D eigenvalue weighted by Gasteiger charge is -1.94. The second kappa shape index (κ2) is 3.71. The zero-order valence-electron chi connectivity index (χ0n) is 7.11. The molecule has 0 aliphatic heterocycles. The van der Waals surface area contributed by atoms with E-state index in [4.69, 9.17) is 10.2 Å². The molecule has 1 aromatic rings. The largest absolute Gasteiger partial charge is 0.465 e. The average Bonchev–Trinajstić information content (AvgIpc) is 2.50. The van der Waals surface area contributed by atoms with Gasteiger partial charge in [-0.3, -0.25) is 9.59 Å². The highest BCUT2D eigenvalue weighted by molar-refractivity contribution is 6.21. The number of carbonyl (C=O) groups is 2. The Labute approximate surface area is 75.0 Å². The minimum atomic E-state index is -0.746. The summed E-state index contributed by atoms with van der Waals surface area (Å²) in [4.78, 5) is 21.7. The first kappa shape index (κ1) is 9.25. The van der Waals surface area contributed by atoms with E-state index in [0.29, 0.717) is 5.76 Å². The molecule has 1 heterocycles. The molecule has 0 unspecified atom stereocenters. The normalized spacial score (nSPS) is 11.3. The van der Waals surface area contributed by atoms with Gasteiger partial charge in [-0.15, -0.1) is 0 Å². The summed E-state index contributed by atoms with van der Waals surface area (Å²) in [6, 6.07) is 3.29. The smallest absolute Gasteiger partial charge is 0.252 e. The maximum atomic E-state index is 10.9. The van der Waals surface area contributed by atoms with E-state index in [1.54, 1.807) is 12.1 Å². The number of primary amides is 1. The molecule has 13 heavy (non-hydrogen) atoms. The van der Waals surface area contributed by atoms with Crippen LogP contribution in [-0.4, -0.2) is 11.7 Å². The van der Waals surface area contributed by atoms with E-state index in [0.717, 1.165) is 0 Å². The minimum Gasteiger partial charge on any atom is -0.465 e. The van der Waals surface area contributed by atoms with Gasteiger partial charge in [0.05, 0.1) is 11.8 Å². The number of amides is 1. The molecule has 1 aromatic heterocycles. The van der Waals surface area contributed by atoms with Gasteiger partial charge < -0.3 is 10.2 Å². The number of rotatable bonds is 3. The Kier molecular flexibility index (Phi) is 2.64. The van der Waals surface area contributed by atoms with Gasteiger partial charge in [0.25, 0.3) is 5.91 Å². The van der Waals surface area contributed by atoms with E-state index in [9.17, 15) is 9.59 Å². The zero-order valence-corrected chi connectivity index (χ0v) is 7.11. The molecule has 0 spiro atoms. The van der Waals surface area contributed by atoms with Crippen LogP contribution in [-0.2, 0) is 9.59 Å². The van der Waals surface area contributed by atoms with Gasteiger partial charge >= 0.3 is 0 Å². The summed E-state index contributed by atoms with van der Waals surface area (Å²) in [5, 5.41) is 0. The molecule has 0 aliphatic carbocycles. The van der Waals surface area contributed by atoms with Crippen molar-refractivity contribution in [2.45, 2.75) is 6.92 Å². The van der Waals surface area contributed by atoms with Crippen molar-refractivity contribution in [3.8, 4) is 0 Å². The van der Waals surface area contributed by atoms with Crippen LogP contribution in [0.4, 0.5) is 0 Å². The molecule has 4 nitrogen and oxygen atoms in total. The molecule has 68 valence electrons. The number of furan rings is 1. The van der Waals surface area contributed by atoms with Crippen LogP contribution in [0.25, 0.3) is 6.08 Å². The molecule has 0 aromatic carbocycles. The van der Waals surface area contributed by atoms with Crippen LogP contribution in [0.15, 0.2) is 28.4 Å². The summed E-state index contributed by atoms with van der Waals surface area (Å²) in [5.41, 5.74) is 4.92. The maximum absolute atomic E-state index is 10.9. The van der Waals surface area contributed by atoms with E-state index in [1.807, 2.05) is 0 Å². The first-order valence-electron chi connectivity index (χ1n) is 3.67. The van der Waals surface area contributed by atoms with Crippen molar-refractivity contribution in [3.05, 3.63) is 29.7 Å². The molecule has 0 atom stereocenters. The third-order valence-electron chi connectivity index (χ3n) is 1.47. The standard InChI is InChI=1S/C9H9NO3/c1-6(11)8(9(10)12)5-7-3-2-4-13-7/h2-5H,1H3,(H2,10,12)/b8-5+. The molecule has 1 rings (SSSR count). The minimum absolute atomic E-state index is 0.0602. The lowest BCUT2D eigenvalue weighted by Crippen LogP contribution is -2.18. The van der Waals surface area contributed by atoms with Gasteiger partial charge in [-0.1, -0.05) is 0 Å². The lowest BCUT2D eigenvalue weighted by molar-refractivity contribution is -0.119. The predicted octanol–water partition coefficient (Wildman–Crippen LogP) is 0.737. The summed E-state index contributed by atoms with van der Waals surface area (Å²) in [6.07, 6.45) is 2.77. The van der Waals surface area contributed by atoms with Gasteiger partial charge in [0, 0.05) is 0 Å². The summed E-state index contributed by atoms with van der Waals surface area (Å²) in [6.45, 7) is 1.28. The third kappa shape index (κ3) is 2.30. The Morgan fingerprint density at radius 1 is 1.54 bits per heavy atom. The maximum Gasteiger partial charge on any atom is 0.252 e. The molecular weight excluding hydrogens is 170 g/mol. The molecule has 0 radical (unpaired) electrons. The topological polar surface area (TPSA) is 73.3 Å². The summed E-state index contributed by atoms with van der Waals surface area (Å²) in [5.74, 6) is -0.684. The summed E-state index contributed by atoms with van der Waals surface area (Å²) in [7, 11) is 0. The third-order valence-corrected chi connectivity index (χ3v) is 1.47. The van der Waals surface area contributed by atoms with Crippen LogP contribution in [0, 0.1) is 0 Å². The second-order valence-electron chi connectivity index (χ2n) is 2.49. The highest BCUT2D eigenvalue weighted by atomic mass is 16.3. The van der Waals surface area contributed by atoms with Crippen molar-refractivity contribution in [1.82, 2.24) is 0 Å². The first-order valence-corrected chi connectivity index (χ1v) is 3.67. The fourth-order valence-corrected chi connectivity index (χ4v) is 0.862. The quantitative estimate of drug-likeness (QED) is 0.422. The number of nitrogens with two attached hydrogens (primary N) is 1. The van der Waals surface area contributed by atoms with Gasteiger partial charge in [0.15, 0.2) is 5.78 Å². The van der Waals surface area contributed by atoms with Crippen LogP contribution in [0.1, 0.15) is 12.7 Å². The molecule has 2 N–H and O–H groups in total. The number of Topliss-reactive ketones (excluding diaryl/α,β-unsaturated/α-hetero) is 1. The molecule has 0 saturated heterocycles. The van der Waals surface area contributed by atoms with Crippen LogP contribution < -0.4 is 5.73 Å². The van der Waals surface area contributed by atoms with Crippen LogP contribution in [0.2, 0.25) is 0 Å². The summed E-state index contributed by atoms with van der Waals surface area (Å²) >= 11 is 0. The van der Waals surface area contributed by atoms with E-state index in [1.165, 1.54) is 19.3 Å². The number of hydrogen-bond acceptors (Lipinski definition) is 3. The SMILES string of the molecule is CC(=O)/C(=C\c1ccco1)C(N)=O. The van der Waals surface area contributed by atoms with Crippen LogP contribution in [0.3, 0.4) is 0 Å². The van der Waals surface area contributed by atoms with Gasteiger partial charge in [0.2, 0.25) is 0 Å². The highest BCUT2D eigenvalue weighted by Gasteiger charge is 2.10. The van der Waals surface area contributed by atoms with Crippen molar-refractivity contribution in [2.75, 3.05) is 0 Å². The second-order valence-corrected chi connectivity index (χ2v) is 2.49. The fraction of sp³-hybridized carbons (Fsp3) is 0.111. The number of ketones is 1. The van der Waals surface area contributed by atoms with E-state index < -0.39 is 5.91 Å².